The smallest absolute Gasteiger partial charge is 0.148 e. The van der Waals surface area contributed by atoms with Crippen LogP contribution in [0.2, 0.25) is 0 Å². The number of nitrogen functional groups attached to an aromatic ring is 1. The van der Waals surface area contributed by atoms with Crippen molar-refractivity contribution in [1.82, 2.24) is 29.7 Å². The average molecular weight is 942 g/mol. The fraction of sp³-hybridized carbons (Fsp3) is 0.319. The Bertz CT molecular complexity index is 2650. The number of aryl methyl sites for hydroxylation is 2. The zero-order valence-corrected chi connectivity index (χ0v) is 38.3. The first-order valence-corrected chi connectivity index (χ1v) is 25.0. The molecule has 328 valence electrons. The van der Waals surface area contributed by atoms with E-state index in [9.17, 15) is 16.8 Å². The second-order valence-electron chi connectivity index (χ2n) is 15.5. The van der Waals surface area contributed by atoms with Crippen molar-refractivity contribution in [3.63, 3.8) is 0 Å². The second kappa shape index (κ2) is 21.8. The molecule has 2 aromatic carbocycles. The van der Waals surface area contributed by atoms with Crippen molar-refractivity contribution < 1.29 is 16.8 Å². The number of nitrogens with one attached hydrogen (secondary N) is 1. The van der Waals surface area contributed by atoms with Gasteiger partial charge in [-0.25, -0.2) is 26.8 Å². The molecular weight excluding hydrogens is 885 g/mol. The Labute approximate surface area is 376 Å². The van der Waals surface area contributed by atoms with Crippen LogP contribution in [0.5, 0.6) is 0 Å². The molecule has 0 aliphatic carbocycles. The topological polar surface area (TPSA) is 164 Å². The van der Waals surface area contributed by atoms with E-state index >= 15 is 0 Å². The summed E-state index contributed by atoms with van der Waals surface area (Å²) in [5, 5.41) is 3.49. The monoisotopic (exact) mass is 940 g/mol. The molecule has 0 amide bonds. The number of nitrogens with zero attached hydrogens (tertiary/aromatic N) is 6. The highest BCUT2D eigenvalue weighted by molar-refractivity contribution is 9.10. The maximum Gasteiger partial charge on any atom is 0.148 e. The van der Waals surface area contributed by atoms with Crippen LogP contribution >= 0.6 is 15.9 Å². The van der Waals surface area contributed by atoms with Crippen LogP contribution in [-0.2, 0) is 45.6 Å². The molecule has 0 spiro atoms. The molecule has 3 N–H and O–H groups in total. The lowest BCUT2D eigenvalue weighted by molar-refractivity contribution is 0.268. The van der Waals surface area contributed by atoms with Crippen LogP contribution in [0, 0.1) is 13.8 Å². The van der Waals surface area contributed by atoms with E-state index in [2.05, 4.69) is 76.3 Å². The summed E-state index contributed by atoms with van der Waals surface area (Å²) in [6, 6.07) is 31.8. The van der Waals surface area contributed by atoms with Gasteiger partial charge < -0.3 is 11.1 Å². The molecular formula is C47H57BrN8O4S2. The number of anilines is 3. The van der Waals surface area contributed by atoms with Crippen LogP contribution in [0.15, 0.2) is 114 Å². The molecule has 0 bridgehead atoms. The van der Waals surface area contributed by atoms with E-state index < -0.39 is 19.7 Å². The van der Waals surface area contributed by atoms with Crippen LogP contribution in [0.3, 0.4) is 0 Å². The highest BCUT2D eigenvalue weighted by Crippen LogP contribution is 2.30. The van der Waals surface area contributed by atoms with Crippen LogP contribution < -0.4 is 11.1 Å². The number of benzene rings is 2. The molecule has 0 radical (unpaired) electrons. The first kappa shape index (κ1) is 48.0. The number of sulfone groups is 2. The lowest BCUT2D eigenvalue weighted by Gasteiger charge is -2.30. The molecule has 6 aromatic rings. The molecule has 0 unspecified atom stereocenters. The quantitative estimate of drug-likeness (QED) is 0.136. The molecule has 2 aliphatic rings. The molecule has 0 fully saturated rings. The number of hydrogen-bond donors (Lipinski definition) is 2. The summed E-state index contributed by atoms with van der Waals surface area (Å²) in [6.45, 7) is 8.64. The van der Waals surface area contributed by atoms with Gasteiger partial charge in [-0.3, -0.25) is 19.8 Å². The SMILES string of the molecule is C.CS(=O)(=O)CCN1CCc2c(Br)cccc2C1.Cc1ccc(N)nc1-c1ccccn1.Cc1ccc(Nc2cccc3c2CCN(CCS(C)(=O)=O)C3)nc1-c1ccccn1. The number of fused-ring (bicyclic) bond motifs is 2. The summed E-state index contributed by atoms with van der Waals surface area (Å²) >= 11 is 3.56. The van der Waals surface area contributed by atoms with Crippen molar-refractivity contribution in [2.24, 2.45) is 0 Å². The minimum atomic E-state index is -2.95. The summed E-state index contributed by atoms with van der Waals surface area (Å²) in [5.74, 6) is 1.76. The normalized spacial score (nSPS) is 13.8. The standard InChI is InChI=1S/C23H26N4O2S.C12H16BrNO2S.C11H11N3.CH4/c1-17-9-10-22(26-23(17)21-7-3-4-12-24-21)25-20-8-5-6-18-16-27(13-11-19(18)20)14-15-30(2,28)29;1-17(15,16)8-7-14-6-5-11-10(9-14)3-2-4-12(11)13;1-8-5-6-10(12)14-11(8)9-4-2-3-7-13-9;/h3-10,12H,11,13-16H2,1-2H3,(H,25,26);2-4H,5-9H2,1H3;2-7H,1H3,(H2,12,14);1H4. The van der Waals surface area contributed by atoms with Crippen molar-refractivity contribution in [1.29, 1.82) is 0 Å². The summed E-state index contributed by atoms with van der Waals surface area (Å²) in [4.78, 5) is 22.1. The molecule has 8 rings (SSSR count). The van der Waals surface area contributed by atoms with Gasteiger partial charge in [-0.2, -0.15) is 0 Å². The zero-order valence-electron chi connectivity index (χ0n) is 35.1. The second-order valence-corrected chi connectivity index (χ2v) is 20.8. The molecule has 15 heteroatoms. The Morgan fingerprint density at radius 2 is 1.16 bits per heavy atom. The lowest BCUT2D eigenvalue weighted by Crippen LogP contribution is -2.34. The molecule has 0 saturated heterocycles. The number of nitrogens with two attached hydrogens (primary N) is 1. The average Bonchev–Trinajstić information content (AvgIpc) is 3.24. The van der Waals surface area contributed by atoms with Crippen molar-refractivity contribution >= 4 is 52.9 Å². The van der Waals surface area contributed by atoms with Gasteiger partial charge in [-0.15, -0.1) is 0 Å². The van der Waals surface area contributed by atoms with E-state index in [0.29, 0.717) is 18.9 Å². The summed E-state index contributed by atoms with van der Waals surface area (Å²) in [7, 11) is -5.81. The zero-order chi connectivity index (χ0) is 43.6. The van der Waals surface area contributed by atoms with Gasteiger partial charge in [0.15, 0.2) is 0 Å². The third kappa shape index (κ3) is 14.0. The largest absolute Gasteiger partial charge is 0.384 e. The molecule has 6 heterocycles. The van der Waals surface area contributed by atoms with Crippen molar-refractivity contribution in [2.45, 2.75) is 47.2 Å². The van der Waals surface area contributed by atoms with Gasteiger partial charge in [0, 0.05) is 74.3 Å². The molecule has 62 heavy (non-hydrogen) atoms. The predicted octanol–water partition coefficient (Wildman–Crippen LogP) is 8.12. The Balaban J connectivity index is 0.000000192. The highest BCUT2D eigenvalue weighted by Gasteiger charge is 2.21. The van der Waals surface area contributed by atoms with Gasteiger partial charge in [0.2, 0.25) is 0 Å². The van der Waals surface area contributed by atoms with Gasteiger partial charge in [0.05, 0.1) is 34.3 Å². The van der Waals surface area contributed by atoms with Gasteiger partial charge in [-0.05, 0) is 109 Å². The van der Waals surface area contributed by atoms with Crippen molar-refractivity contribution in [3.8, 4) is 22.8 Å². The van der Waals surface area contributed by atoms with E-state index in [1.165, 1.54) is 34.8 Å². The van der Waals surface area contributed by atoms with E-state index in [1.54, 1.807) is 18.5 Å². The maximum absolute atomic E-state index is 11.5. The fourth-order valence-electron chi connectivity index (χ4n) is 7.18. The number of hydrogen-bond acceptors (Lipinski definition) is 12. The third-order valence-corrected chi connectivity index (χ3v) is 13.1. The molecule has 0 saturated carbocycles. The number of aromatic nitrogens is 4. The molecule has 4 aromatic heterocycles. The lowest BCUT2D eigenvalue weighted by atomic mass is 9.97. The summed E-state index contributed by atoms with van der Waals surface area (Å²) < 4.78 is 46.4. The number of rotatable bonds is 10. The number of pyridine rings is 4. The Hall–Kier alpha value is -5.06. The Kier molecular flexibility index (Phi) is 16.9. The first-order valence-electron chi connectivity index (χ1n) is 20.1. The van der Waals surface area contributed by atoms with Crippen molar-refractivity contribution in [2.75, 3.05) is 61.2 Å². The minimum Gasteiger partial charge on any atom is -0.384 e. The van der Waals surface area contributed by atoms with Gasteiger partial charge in [0.1, 0.15) is 31.3 Å². The van der Waals surface area contributed by atoms with E-state index in [1.807, 2.05) is 74.5 Å². The first-order chi connectivity index (χ1) is 29.1. The molecule has 0 atom stereocenters. The van der Waals surface area contributed by atoms with E-state index in [0.717, 1.165) is 88.9 Å². The molecule has 12 nitrogen and oxygen atoms in total. The van der Waals surface area contributed by atoms with Crippen LogP contribution in [0.25, 0.3) is 22.8 Å². The highest BCUT2D eigenvalue weighted by atomic mass is 79.9. The minimum absolute atomic E-state index is 0. The van der Waals surface area contributed by atoms with Gasteiger partial charge in [-0.1, -0.05) is 71.9 Å². The summed E-state index contributed by atoms with van der Waals surface area (Å²) in [5.41, 5.74) is 17.5. The molecule has 2 aliphatic heterocycles. The number of halogens is 1. The van der Waals surface area contributed by atoms with E-state index in [4.69, 9.17) is 10.7 Å². The van der Waals surface area contributed by atoms with Crippen LogP contribution in [0.4, 0.5) is 17.3 Å². The van der Waals surface area contributed by atoms with Crippen molar-refractivity contribution in [3.05, 3.63) is 147 Å². The van der Waals surface area contributed by atoms with Gasteiger partial charge >= 0.3 is 0 Å². The Morgan fingerprint density at radius 1 is 0.645 bits per heavy atom. The fourth-order valence-corrected chi connectivity index (χ4v) is 8.97. The van der Waals surface area contributed by atoms with Gasteiger partial charge in [0.25, 0.3) is 0 Å². The summed E-state index contributed by atoms with van der Waals surface area (Å²) in [6.07, 6.45) is 7.98. The Morgan fingerprint density at radius 3 is 1.71 bits per heavy atom. The van der Waals surface area contributed by atoms with E-state index in [-0.39, 0.29) is 18.9 Å². The third-order valence-electron chi connectivity index (χ3n) is 10.5. The maximum atomic E-state index is 11.5. The van der Waals surface area contributed by atoms with Crippen LogP contribution in [0.1, 0.15) is 40.8 Å². The predicted molar refractivity (Wildman–Crippen MR) is 257 cm³/mol. The van der Waals surface area contributed by atoms with Crippen LogP contribution in [-0.4, -0.2) is 96.8 Å².